The Kier molecular flexibility index (Phi) is 4.48. The average Bonchev–Trinajstić information content (AvgIpc) is 3.37. The molecule has 0 bridgehead atoms. The van der Waals surface area contributed by atoms with Gasteiger partial charge in [-0.05, 0) is 29.8 Å². The summed E-state index contributed by atoms with van der Waals surface area (Å²) in [4.78, 5) is 11.6. The van der Waals surface area contributed by atoms with Gasteiger partial charge in [0.25, 0.3) is 0 Å². The van der Waals surface area contributed by atoms with Crippen molar-refractivity contribution in [2.75, 3.05) is 0 Å². The number of thiophene rings is 2. The Morgan fingerprint density at radius 1 is 1.00 bits per heavy atom. The van der Waals surface area contributed by atoms with Crippen LogP contribution in [0.15, 0.2) is 64.3 Å². The lowest BCUT2D eigenvalue weighted by molar-refractivity contribution is 1.39. The van der Waals surface area contributed by atoms with Crippen LogP contribution in [0.2, 0.25) is 0 Å². The van der Waals surface area contributed by atoms with Crippen molar-refractivity contribution in [3.8, 4) is 21.1 Å². The Hall–Kier alpha value is -2.28. The fourth-order valence-electron chi connectivity index (χ4n) is 2.37. The summed E-state index contributed by atoms with van der Waals surface area (Å²) in [5, 5.41) is 5.86. The topological polar surface area (TPSA) is 51.3 Å². The predicted octanol–water partition coefficient (Wildman–Crippen LogP) is 5.95. The molecule has 3 nitrogen and oxygen atoms in total. The molecule has 0 aliphatic heterocycles. The fraction of sp³-hybridized carbons (Fsp3) is 0.0526. The minimum atomic E-state index is 0.534. The zero-order valence-electron chi connectivity index (χ0n) is 13.5. The molecule has 0 aliphatic carbocycles. The summed E-state index contributed by atoms with van der Waals surface area (Å²) in [6, 6.07) is 16.5. The number of aryl methyl sites for hydroxylation is 1. The molecule has 0 saturated carbocycles. The van der Waals surface area contributed by atoms with Gasteiger partial charge >= 0.3 is 0 Å². The second-order valence-electron chi connectivity index (χ2n) is 5.49. The summed E-state index contributed by atoms with van der Waals surface area (Å²) in [6.07, 6.45) is 0. The van der Waals surface area contributed by atoms with Gasteiger partial charge < -0.3 is 5.73 Å². The van der Waals surface area contributed by atoms with Gasteiger partial charge in [-0.2, -0.15) is 0 Å². The molecule has 0 aliphatic rings. The van der Waals surface area contributed by atoms with E-state index in [1.807, 2.05) is 23.6 Å². The Morgan fingerprint density at radius 2 is 1.76 bits per heavy atom. The van der Waals surface area contributed by atoms with Crippen molar-refractivity contribution < 1.29 is 0 Å². The minimum absolute atomic E-state index is 0.534. The highest BCUT2D eigenvalue weighted by Crippen LogP contribution is 2.41. The molecule has 25 heavy (non-hydrogen) atoms. The van der Waals surface area contributed by atoms with E-state index in [4.69, 9.17) is 10.7 Å². The zero-order chi connectivity index (χ0) is 17.2. The summed E-state index contributed by atoms with van der Waals surface area (Å²) in [7, 11) is 0. The van der Waals surface area contributed by atoms with Crippen LogP contribution in [0.3, 0.4) is 0 Å². The summed E-state index contributed by atoms with van der Waals surface area (Å²) in [6.45, 7) is 2.08. The Morgan fingerprint density at radius 3 is 2.44 bits per heavy atom. The molecule has 4 rings (SSSR count). The van der Waals surface area contributed by atoms with Crippen LogP contribution in [0.1, 0.15) is 10.4 Å². The molecule has 0 unspecified atom stereocenters. The Bertz CT molecular complexity index is 995. The van der Waals surface area contributed by atoms with Crippen LogP contribution >= 0.6 is 34.0 Å². The molecule has 1 aromatic carbocycles. The first kappa shape index (κ1) is 16.2. The Labute approximate surface area is 158 Å². The van der Waals surface area contributed by atoms with Crippen LogP contribution < -0.4 is 5.73 Å². The third-order valence-electron chi connectivity index (χ3n) is 3.66. The molecule has 0 atom stereocenters. The van der Waals surface area contributed by atoms with Crippen LogP contribution in [0.5, 0.6) is 0 Å². The highest BCUT2D eigenvalue weighted by atomic mass is 32.1. The number of benzene rings is 1. The third kappa shape index (κ3) is 3.42. The summed E-state index contributed by atoms with van der Waals surface area (Å²) < 4.78 is 0. The van der Waals surface area contributed by atoms with E-state index in [0.717, 1.165) is 31.0 Å². The van der Waals surface area contributed by atoms with E-state index in [0.29, 0.717) is 5.84 Å². The molecule has 3 heterocycles. The van der Waals surface area contributed by atoms with E-state index < -0.39 is 0 Å². The van der Waals surface area contributed by atoms with Crippen LogP contribution in [-0.2, 0) is 0 Å². The van der Waals surface area contributed by atoms with Gasteiger partial charge in [0.15, 0.2) is 0 Å². The quantitative estimate of drug-likeness (QED) is 0.351. The van der Waals surface area contributed by atoms with Crippen LogP contribution in [0, 0.1) is 6.92 Å². The number of thiazole rings is 1. The zero-order valence-corrected chi connectivity index (χ0v) is 15.9. The van der Waals surface area contributed by atoms with Crippen LogP contribution in [0.4, 0.5) is 5.00 Å². The van der Waals surface area contributed by atoms with Crippen molar-refractivity contribution in [3.05, 3.63) is 69.7 Å². The van der Waals surface area contributed by atoms with Crippen LogP contribution in [0.25, 0.3) is 21.1 Å². The summed E-state index contributed by atoms with van der Waals surface area (Å²) in [5.41, 5.74) is 9.44. The first-order valence-corrected chi connectivity index (χ1v) is 10.3. The highest BCUT2D eigenvalue weighted by molar-refractivity contribution is 7.20. The predicted molar refractivity (Wildman–Crippen MR) is 110 cm³/mol. The minimum Gasteiger partial charge on any atom is -0.382 e. The van der Waals surface area contributed by atoms with Gasteiger partial charge in [0.2, 0.25) is 0 Å². The van der Waals surface area contributed by atoms with Gasteiger partial charge in [0.1, 0.15) is 21.5 Å². The van der Waals surface area contributed by atoms with Crippen molar-refractivity contribution in [1.29, 1.82) is 0 Å². The fourth-order valence-corrected chi connectivity index (χ4v) is 4.75. The molecule has 0 spiro atoms. The SMILES string of the molecule is Cc1ccc(-c2nc(-c3cccs3)c(/N=C(\N)c3cccs3)s2)cc1. The van der Waals surface area contributed by atoms with Gasteiger partial charge in [0.05, 0.1) is 9.75 Å². The van der Waals surface area contributed by atoms with E-state index in [9.17, 15) is 0 Å². The normalized spacial score (nSPS) is 11.8. The lowest BCUT2D eigenvalue weighted by Crippen LogP contribution is -2.10. The number of nitrogens with zero attached hydrogens (tertiary/aromatic N) is 2. The molecular formula is C19H15N3S3. The highest BCUT2D eigenvalue weighted by Gasteiger charge is 2.16. The van der Waals surface area contributed by atoms with E-state index in [1.54, 1.807) is 34.0 Å². The smallest absolute Gasteiger partial charge is 0.147 e. The van der Waals surface area contributed by atoms with E-state index in [1.165, 1.54) is 5.56 Å². The third-order valence-corrected chi connectivity index (χ3v) is 6.43. The first-order chi connectivity index (χ1) is 12.2. The molecule has 0 radical (unpaired) electrons. The number of aromatic nitrogens is 1. The second kappa shape index (κ2) is 6.92. The molecule has 6 heteroatoms. The lowest BCUT2D eigenvalue weighted by Gasteiger charge is -1.97. The second-order valence-corrected chi connectivity index (χ2v) is 8.36. The maximum absolute atomic E-state index is 6.20. The molecule has 0 saturated heterocycles. The molecule has 124 valence electrons. The van der Waals surface area contributed by atoms with E-state index >= 15 is 0 Å². The molecule has 4 aromatic rings. The van der Waals surface area contributed by atoms with Crippen molar-refractivity contribution in [2.45, 2.75) is 6.92 Å². The summed E-state index contributed by atoms with van der Waals surface area (Å²) >= 11 is 4.83. The van der Waals surface area contributed by atoms with Crippen molar-refractivity contribution >= 4 is 44.8 Å². The maximum atomic E-state index is 6.20. The van der Waals surface area contributed by atoms with Gasteiger partial charge in [-0.25, -0.2) is 9.98 Å². The van der Waals surface area contributed by atoms with Gasteiger partial charge in [-0.3, -0.25) is 0 Å². The Balaban J connectivity index is 1.82. The van der Waals surface area contributed by atoms with Gasteiger partial charge in [0, 0.05) is 5.56 Å². The number of rotatable bonds is 4. The van der Waals surface area contributed by atoms with Gasteiger partial charge in [-0.1, -0.05) is 53.3 Å². The van der Waals surface area contributed by atoms with Crippen molar-refractivity contribution in [3.63, 3.8) is 0 Å². The molecule has 3 aromatic heterocycles. The monoisotopic (exact) mass is 381 g/mol. The standard InChI is InChI=1S/C19H15N3S3/c1-12-6-8-13(9-7-12)18-21-16(14-4-2-10-23-14)19(25-18)22-17(20)15-5-3-11-24-15/h2-11H,1H3,(H2,20,22). The maximum Gasteiger partial charge on any atom is 0.147 e. The largest absolute Gasteiger partial charge is 0.382 e. The first-order valence-electron chi connectivity index (χ1n) is 7.70. The molecule has 2 N–H and O–H groups in total. The number of hydrogen-bond donors (Lipinski definition) is 1. The lowest BCUT2D eigenvalue weighted by atomic mass is 10.2. The van der Waals surface area contributed by atoms with E-state index in [2.05, 4.69) is 47.6 Å². The van der Waals surface area contributed by atoms with E-state index in [-0.39, 0.29) is 0 Å². The average molecular weight is 382 g/mol. The molecular weight excluding hydrogens is 366 g/mol. The molecule has 0 fully saturated rings. The number of aliphatic imine (C=N–C) groups is 1. The molecule has 0 amide bonds. The summed E-state index contributed by atoms with van der Waals surface area (Å²) in [5.74, 6) is 0.534. The van der Waals surface area contributed by atoms with Crippen molar-refractivity contribution in [2.24, 2.45) is 10.7 Å². The number of amidine groups is 1. The van der Waals surface area contributed by atoms with Crippen LogP contribution in [-0.4, -0.2) is 10.8 Å². The number of nitrogens with two attached hydrogens (primary N) is 1. The van der Waals surface area contributed by atoms with Gasteiger partial charge in [-0.15, -0.1) is 22.7 Å². The number of hydrogen-bond acceptors (Lipinski definition) is 5. The van der Waals surface area contributed by atoms with Crippen molar-refractivity contribution in [1.82, 2.24) is 4.98 Å².